The standard InChI is InChI=1S/C25H26N2O6/c1-3-32-25(30)18-8-6-12-27(15-18)24(29)17-10-11-21-19(13-17)26-23(28)22(33-21)14-16-7-4-5-9-20(16)31-2/h4-5,7,9-11,13-14,18H,3,6,8,12,15H2,1-2H3,(H,26,28)/b22-14-/t18-/m0/s1. The molecule has 172 valence electrons. The highest BCUT2D eigenvalue weighted by molar-refractivity contribution is 6.09. The largest absolute Gasteiger partial charge is 0.496 e. The molecular formula is C25H26N2O6. The third-order valence-electron chi connectivity index (χ3n) is 5.67. The number of rotatable bonds is 5. The van der Waals surface area contributed by atoms with Gasteiger partial charge in [-0.3, -0.25) is 14.4 Å². The molecule has 2 aromatic rings. The van der Waals surface area contributed by atoms with Gasteiger partial charge in [0.15, 0.2) is 11.5 Å². The second kappa shape index (κ2) is 9.77. The van der Waals surface area contributed by atoms with E-state index in [0.717, 1.165) is 6.42 Å². The van der Waals surface area contributed by atoms with Crippen molar-refractivity contribution in [3.05, 3.63) is 59.4 Å². The summed E-state index contributed by atoms with van der Waals surface area (Å²) in [4.78, 5) is 39.4. The van der Waals surface area contributed by atoms with Gasteiger partial charge in [0.2, 0.25) is 0 Å². The summed E-state index contributed by atoms with van der Waals surface area (Å²) >= 11 is 0. The fourth-order valence-corrected chi connectivity index (χ4v) is 4.02. The highest BCUT2D eigenvalue weighted by atomic mass is 16.5. The number of carbonyl (C=O) groups is 3. The first-order valence-corrected chi connectivity index (χ1v) is 10.9. The summed E-state index contributed by atoms with van der Waals surface area (Å²) in [7, 11) is 1.56. The van der Waals surface area contributed by atoms with Crippen molar-refractivity contribution in [3.63, 3.8) is 0 Å². The van der Waals surface area contributed by atoms with E-state index in [9.17, 15) is 14.4 Å². The second-order valence-electron chi connectivity index (χ2n) is 7.86. The molecule has 1 N–H and O–H groups in total. The minimum Gasteiger partial charge on any atom is -0.496 e. The lowest BCUT2D eigenvalue weighted by Crippen LogP contribution is -2.42. The van der Waals surface area contributed by atoms with Crippen molar-refractivity contribution in [1.82, 2.24) is 4.90 Å². The fourth-order valence-electron chi connectivity index (χ4n) is 4.02. The predicted octanol–water partition coefficient (Wildman–Crippen LogP) is 3.48. The van der Waals surface area contributed by atoms with Gasteiger partial charge in [-0.1, -0.05) is 18.2 Å². The average molecular weight is 450 g/mol. The Bertz CT molecular complexity index is 1110. The number of piperidine rings is 1. The summed E-state index contributed by atoms with van der Waals surface area (Å²) in [5.41, 5.74) is 1.54. The minimum absolute atomic E-state index is 0.124. The molecule has 0 unspecified atom stereocenters. The van der Waals surface area contributed by atoms with Crippen LogP contribution in [0.2, 0.25) is 0 Å². The normalized spacial score (nSPS) is 18.7. The van der Waals surface area contributed by atoms with Crippen LogP contribution in [0, 0.1) is 5.92 Å². The van der Waals surface area contributed by atoms with Crippen LogP contribution in [0.4, 0.5) is 5.69 Å². The van der Waals surface area contributed by atoms with E-state index < -0.39 is 5.91 Å². The zero-order chi connectivity index (χ0) is 23.4. The Morgan fingerprint density at radius 1 is 1.24 bits per heavy atom. The molecule has 2 amide bonds. The zero-order valence-electron chi connectivity index (χ0n) is 18.6. The van der Waals surface area contributed by atoms with Crippen LogP contribution in [0.5, 0.6) is 11.5 Å². The third kappa shape index (κ3) is 4.84. The number of para-hydroxylation sites is 1. The Kier molecular flexibility index (Phi) is 6.63. The lowest BCUT2D eigenvalue weighted by Gasteiger charge is -2.32. The number of carbonyl (C=O) groups excluding carboxylic acids is 3. The van der Waals surface area contributed by atoms with Crippen molar-refractivity contribution in [3.8, 4) is 11.5 Å². The van der Waals surface area contributed by atoms with E-state index in [0.29, 0.717) is 54.4 Å². The summed E-state index contributed by atoms with van der Waals surface area (Å²) in [6.45, 7) is 2.98. The van der Waals surface area contributed by atoms with E-state index in [1.54, 1.807) is 49.3 Å². The zero-order valence-corrected chi connectivity index (χ0v) is 18.6. The van der Waals surface area contributed by atoms with Gasteiger partial charge in [-0.05, 0) is 50.1 Å². The number of benzene rings is 2. The van der Waals surface area contributed by atoms with E-state index in [1.807, 2.05) is 18.2 Å². The van der Waals surface area contributed by atoms with Crippen molar-refractivity contribution in [2.75, 3.05) is 32.1 Å². The molecule has 1 fully saturated rings. The Labute approximate surface area is 192 Å². The van der Waals surface area contributed by atoms with E-state index >= 15 is 0 Å². The Hall–Kier alpha value is -3.81. The molecule has 0 aliphatic carbocycles. The number of nitrogens with one attached hydrogen (secondary N) is 1. The number of esters is 1. The lowest BCUT2D eigenvalue weighted by atomic mass is 9.97. The van der Waals surface area contributed by atoms with Gasteiger partial charge in [0, 0.05) is 24.2 Å². The first-order valence-electron chi connectivity index (χ1n) is 10.9. The lowest BCUT2D eigenvalue weighted by molar-refractivity contribution is -0.149. The average Bonchev–Trinajstić information content (AvgIpc) is 2.84. The van der Waals surface area contributed by atoms with Crippen molar-refractivity contribution in [2.45, 2.75) is 19.8 Å². The summed E-state index contributed by atoms with van der Waals surface area (Å²) in [5.74, 6) is -0.0123. The van der Waals surface area contributed by atoms with Crippen LogP contribution >= 0.6 is 0 Å². The van der Waals surface area contributed by atoms with Gasteiger partial charge in [-0.15, -0.1) is 0 Å². The molecule has 8 heteroatoms. The molecule has 2 heterocycles. The molecular weight excluding hydrogens is 424 g/mol. The topological polar surface area (TPSA) is 94.2 Å². The van der Waals surface area contributed by atoms with E-state index in [2.05, 4.69) is 5.32 Å². The second-order valence-corrected chi connectivity index (χ2v) is 7.86. The number of amides is 2. The maximum absolute atomic E-state index is 13.1. The van der Waals surface area contributed by atoms with Crippen molar-refractivity contribution in [1.29, 1.82) is 0 Å². The molecule has 2 aliphatic heterocycles. The third-order valence-corrected chi connectivity index (χ3v) is 5.67. The highest BCUT2D eigenvalue weighted by Crippen LogP contribution is 2.34. The molecule has 2 aromatic carbocycles. The van der Waals surface area contributed by atoms with Crippen LogP contribution in [0.3, 0.4) is 0 Å². The SMILES string of the molecule is CCOC(=O)[C@H]1CCCN(C(=O)c2ccc3c(c2)NC(=O)/C(=C/c2ccccc2OC)O3)C1. The fraction of sp³-hybridized carbons (Fsp3) is 0.320. The quantitative estimate of drug-likeness (QED) is 0.554. The summed E-state index contributed by atoms with van der Waals surface area (Å²) in [6, 6.07) is 12.2. The van der Waals surface area contributed by atoms with Crippen molar-refractivity contribution < 1.29 is 28.6 Å². The number of fused-ring (bicyclic) bond motifs is 1. The minimum atomic E-state index is -0.418. The highest BCUT2D eigenvalue weighted by Gasteiger charge is 2.31. The van der Waals surface area contributed by atoms with E-state index in [1.165, 1.54) is 0 Å². The van der Waals surface area contributed by atoms with Crippen molar-refractivity contribution in [2.24, 2.45) is 5.92 Å². The number of ether oxygens (including phenoxy) is 3. The van der Waals surface area contributed by atoms with Crippen LogP contribution in [-0.4, -0.2) is 49.5 Å². The maximum Gasteiger partial charge on any atom is 0.310 e. The molecule has 0 aromatic heterocycles. The van der Waals surface area contributed by atoms with Gasteiger partial charge < -0.3 is 24.4 Å². The van der Waals surface area contributed by atoms with Crippen LogP contribution < -0.4 is 14.8 Å². The number of anilines is 1. The van der Waals surface area contributed by atoms with Crippen LogP contribution in [0.1, 0.15) is 35.7 Å². The van der Waals surface area contributed by atoms with Gasteiger partial charge >= 0.3 is 5.97 Å². The van der Waals surface area contributed by atoms with Gasteiger partial charge in [-0.2, -0.15) is 0 Å². The maximum atomic E-state index is 13.1. The monoisotopic (exact) mass is 450 g/mol. The van der Waals surface area contributed by atoms with Gasteiger partial charge in [0.25, 0.3) is 11.8 Å². The number of methoxy groups -OCH3 is 1. The molecule has 0 radical (unpaired) electrons. The number of hydrogen-bond donors (Lipinski definition) is 1. The number of likely N-dealkylation sites (tertiary alicyclic amines) is 1. The van der Waals surface area contributed by atoms with E-state index in [4.69, 9.17) is 14.2 Å². The molecule has 0 saturated carbocycles. The smallest absolute Gasteiger partial charge is 0.310 e. The summed E-state index contributed by atoms with van der Waals surface area (Å²) in [5, 5.41) is 2.79. The molecule has 4 rings (SSSR count). The predicted molar refractivity (Wildman–Crippen MR) is 122 cm³/mol. The molecule has 1 saturated heterocycles. The van der Waals surface area contributed by atoms with Gasteiger partial charge in [0.1, 0.15) is 5.75 Å². The molecule has 33 heavy (non-hydrogen) atoms. The van der Waals surface area contributed by atoms with Gasteiger partial charge in [-0.25, -0.2) is 0 Å². The molecule has 0 bridgehead atoms. The Balaban J connectivity index is 1.51. The number of nitrogens with zero attached hydrogens (tertiary/aromatic N) is 1. The molecule has 8 nitrogen and oxygen atoms in total. The van der Waals surface area contributed by atoms with Crippen LogP contribution in [0.25, 0.3) is 6.08 Å². The first kappa shape index (κ1) is 22.4. The Morgan fingerprint density at radius 3 is 2.85 bits per heavy atom. The first-order chi connectivity index (χ1) is 16.0. The van der Waals surface area contributed by atoms with E-state index in [-0.39, 0.29) is 23.6 Å². The van der Waals surface area contributed by atoms with Crippen LogP contribution in [-0.2, 0) is 14.3 Å². The van der Waals surface area contributed by atoms with Gasteiger partial charge in [0.05, 0.1) is 25.3 Å². The molecule has 1 atom stereocenters. The summed E-state index contributed by atoms with van der Waals surface area (Å²) in [6.07, 6.45) is 3.05. The summed E-state index contributed by atoms with van der Waals surface area (Å²) < 4.78 is 16.2. The van der Waals surface area contributed by atoms with Crippen LogP contribution in [0.15, 0.2) is 48.2 Å². The molecule has 0 spiro atoms. The number of hydrogen-bond acceptors (Lipinski definition) is 6. The molecule has 2 aliphatic rings. The van der Waals surface area contributed by atoms with Crippen molar-refractivity contribution >= 4 is 29.5 Å². The Morgan fingerprint density at radius 2 is 2.06 bits per heavy atom.